The van der Waals surface area contributed by atoms with Gasteiger partial charge in [0.15, 0.2) is 0 Å². The minimum Gasteiger partial charge on any atom is -0.265 e. The molecule has 2 aromatic rings. The Morgan fingerprint density at radius 2 is 1.73 bits per heavy atom. The smallest absolute Gasteiger partial charge is 0.0267 e. The Kier molecular flexibility index (Phi) is 4.25. The standard InChI is InChI=1S/C5H5N.C2H2N2Se/c1-2-4-6-5-3-1;1-2-5-4-3-1/h1-5H;1-2H. The van der Waals surface area contributed by atoms with Gasteiger partial charge in [0.2, 0.25) is 0 Å². The predicted octanol–water partition coefficient (Wildman–Crippen LogP) is 0.615. The first-order valence-corrected chi connectivity index (χ1v) is 4.81. The van der Waals surface area contributed by atoms with Crippen LogP contribution in [0.15, 0.2) is 41.7 Å². The third-order valence-corrected chi connectivity index (χ3v) is 1.76. The van der Waals surface area contributed by atoms with Crippen LogP contribution in [0, 0.1) is 0 Å². The van der Waals surface area contributed by atoms with E-state index in [1.807, 2.05) is 23.1 Å². The van der Waals surface area contributed by atoms with E-state index in [0.717, 1.165) is 0 Å². The zero-order valence-electron chi connectivity index (χ0n) is 5.79. The van der Waals surface area contributed by atoms with Crippen molar-refractivity contribution < 1.29 is 0 Å². The normalized spacial score (nSPS) is 8.00. The quantitative estimate of drug-likeness (QED) is 0.601. The summed E-state index contributed by atoms with van der Waals surface area (Å²) in [7, 11) is 0. The zero-order valence-corrected chi connectivity index (χ0v) is 7.50. The predicted molar refractivity (Wildman–Crippen MR) is 43.2 cm³/mol. The van der Waals surface area contributed by atoms with Crippen LogP contribution in [0.5, 0.6) is 0 Å². The van der Waals surface area contributed by atoms with Crippen LogP contribution in [-0.2, 0) is 0 Å². The van der Waals surface area contributed by atoms with E-state index in [0.29, 0.717) is 14.7 Å². The van der Waals surface area contributed by atoms with Gasteiger partial charge in [0.1, 0.15) is 0 Å². The number of rotatable bonds is 0. The summed E-state index contributed by atoms with van der Waals surface area (Å²) in [5.41, 5.74) is 0. The number of pyridine rings is 1. The van der Waals surface area contributed by atoms with Crippen molar-refractivity contribution in [2.45, 2.75) is 0 Å². The van der Waals surface area contributed by atoms with Gasteiger partial charge in [-0.15, -0.1) is 0 Å². The molecule has 2 rings (SSSR count). The molecule has 0 atom stereocenters. The second-order valence-corrected chi connectivity index (χ2v) is 2.97. The molecule has 0 aromatic carbocycles. The Bertz CT molecular complexity index is 200. The maximum Gasteiger partial charge on any atom is 0.0267 e. The summed E-state index contributed by atoms with van der Waals surface area (Å²) in [5, 5.41) is 3.56. The number of hydrogen-bond donors (Lipinski definition) is 0. The fourth-order valence-electron chi connectivity index (χ4n) is 0.449. The van der Waals surface area contributed by atoms with E-state index in [1.54, 1.807) is 18.6 Å². The van der Waals surface area contributed by atoms with Crippen molar-refractivity contribution >= 4 is 14.7 Å². The third kappa shape index (κ3) is 4.42. The van der Waals surface area contributed by atoms with Crippen LogP contribution in [0.3, 0.4) is 0 Å². The van der Waals surface area contributed by atoms with E-state index in [9.17, 15) is 0 Å². The van der Waals surface area contributed by atoms with Crippen LogP contribution in [-0.4, -0.2) is 28.9 Å². The van der Waals surface area contributed by atoms with Gasteiger partial charge < -0.3 is 0 Å². The van der Waals surface area contributed by atoms with Crippen molar-refractivity contribution in [3.63, 3.8) is 0 Å². The largest absolute Gasteiger partial charge is 0.265 e. The molecule has 56 valence electrons. The summed E-state index contributed by atoms with van der Waals surface area (Å²) in [6, 6.07) is 5.72. The monoisotopic (exact) mass is 213 g/mol. The minimum atomic E-state index is 0.347. The van der Waals surface area contributed by atoms with Gasteiger partial charge in [-0.2, -0.15) is 0 Å². The van der Waals surface area contributed by atoms with Crippen molar-refractivity contribution in [2.24, 2.45) is 0 Å². The molecule has 0 spiro atoms. The van der Waals surface area contributed by atoms with Crippen molar-refractivity contribution in [3.8, 4) is 0 Å². The Labute approximate surface area is 71.1 Å². The minimum absolute atomic E-state index is 0.347. The molecular weight excluding hydrogens is 205 g/mol. The summed E-state index contributed by atoms with van der Waals surface area (Å²) in [6.45, 7) is 0. The summed E-state index contributed by atoms with van der Waals surface area (Å²) in [5.74, 6) is 0. The Morgan fingerprint density at radius 3 is 1.91 bits per heavy atom. The molecule has 0 saturated carbocycles. The summed E-state index contributed by atoms with van der Waals surface area (Å²) < 4.78 is 3.66. The second kappa shape index (κ2) is 5.77. The average Bonchev–Trinajstić information content (AvgIpc) is 2.64. The molecule has 0 amide bonds. The Balaban J connectivity index is 0.000000112. The van der Waals surface area contributed by atoms with Crippen LogP contribution in [0.2, 0.25) is 0 Å². The first-order chi connectivity index (χ1) is 5.50. The SMILES string of the molecule is c1c[se]nn1.c1ccncc1. The Hall–Kier alpha value is -0.991. The van der Waals surface area contributed by atoms with Gasteiger partial charge in [0.25, 0.3) is 0 Å². The van der Waals surface area contributed by atoms with Gasteiger partial charge in [0.05, 0.1) is 0 Å². The Morgan fingerprint density at radius 1 is 0.909 bits per heavy atom. The molecule has 0 unspecified atom stereocenters. The van der Waals surface area contributed by atoms with E-state index < -0.39 is 0 Å². The summed E-state index contributed by atoms with van der Waals surface area (Å²) >= 11 is 0.347. The zero-order chi connectivity index (χ0) is 7.78. The molecule has 0 aliphatic carbocycles. The van der Waals surface area contributed by atoms with Crippen molar-refractivity contribution in [3.05, 3.63) is 41.7 Å². The molecule has 0 aliphatic rings. The van der Waals surface area contributed by atoms with E-state index in [2.05, 4.69) is 14.2 Å². The fourth-order valence-corrected chi connectivity index (χ4v) is 1.02. The molecule has 0 bridgehead atoms. The van der Waals surface area contributed by atoms with E-state index in [1.165, 1.54) is 0 Å². The topological polar surface area (TPSA) is 38.7 Å². The maximum atomic E-state index is 3.78. The molecule has 11 heavy (non-hydrogen) atoms. The molecule has 0 saturated heterocycles. The second-order valence-electron chi connectivity index (χ2n) is 1.61. The van der Waals surface area contributed by atoms with Gasteiger partial charge in [0, 0.05) is 12.4 Å². The number of nitrogens with zero attached hydrogens (tertiary/aromatic N) is 3. The van der Waals surface area contributed by atoms with Crippen LogP contribution in [0.4, 0.5) is 0 Å². The molecule has 0 N–H and O–H groups in total. The number of aromatic nitrogens is 3. The van der Waals surface area contributed by atoms with Gasteiger partial charge in [-0.05, 0) is 12.1 Å². The van der Waals surface area contributed by atoms with Crippen LogP contribution in [0.25, 0.3) is 0 Å². The molecule has 2 heterocycles. The van der Waals surface area contributed by atoms with Crippen molar-refractivity contribution in [2.75, 3.05) is 0 Å². The molecule has 3 nitrogen and oxygen atoms in total. The first kappa shape index (κ1) is 8.11. The van der Waals surface area contributed by atoms with E-state index in [4.69, 9.17) is 0 Å². The molecule has 2 aromatic heterocycles. The van der Waals surface area contributed by atoms with Crippen molar-refractivity contribution in [1.29, 1.82) is 0 Å². The first-order valence-electron chi connectivity index (χ1n) is 3.06. The molecule has 0 fully saturated rings. The van der Waals surface area contributed by atoms with Crippen molar-refractivity contribution in [1.82, 2.24) is 14.2 Å². The maximum absolute atomic E-state index is 3.78. The van der Waals surface area contributed by atoms with Gasteiger partial charge in [-0.1, -0.05) is 6.07 Å². The fraction of sp³-hybridized carbons (Fsp3) is 0. The van der Waals surface area contributed by atoms with E-state index in [-0.39, 0.29) is 0 Å². The third-order valence-electron chi connectivity index (χ3n) is 0.849. The van der Waals surface area contributed by atoms with Gasteiger partial charge in [-0.25, -0.2) is 0 Å². The summed E-state index contributed by atoms with van der Waals surface area (Å²) in [6.07, 6.45) is 5.22. The van der Waals surface area contributed by atoms with Crippen LogP contribution in [0.1, 0.15) is 0 Å². The average molecular weight is 212 g/mol. The molecule has 0 radical (unpaired) electrons. The number of hydrogen-bond acceptors (Lipinski definition) is 3. The molecule has 4 heteroatoms. The van der Waals surface area contributed by atoms with E-state index >= 15 is 0 Å². The van der Waals surface area contributed by atoms with Gasteiger partial charge >= 0.3 is 35.1 Å². The molecular formula is C7H7N3Se. The van der Waals surface area contributed by atoms with Gasteiger partial charge in [-0.3, -0.25) is 4.98 Å². The molecule has 0 aliphatic heterocycles. The summed E-state index contributed by atoms with van der Waals surface area (Å²) in [4.78, 5) is 5.75. The van der Waals surface area contributed by atoms with Crippen LogP contribution >= 0.6 is 0 Å². The van der Waals surface area contributed by atoms with Crippen LogP contribution < -0.4 is 0 Å².